The largest absolute Gasteiger partial charge is 0.496 e. The van der Waals surface area contributed by atoms with Crippen molar-refractivity contribution in [2.45, 2.75) is 20.5 Å². The number of aryl methyl sites for hydroxylation is 2. The van der Waals surface area contributed by atoms with Crippen LogP contribution in [0, 0.1) is 25.5 Å². The first-order valence-corrected chi connectivity index (χ1v) is 9.00. The molecule has 0 aliphatic carbocycles. The highest BCUT2D eigenvalue weighted by atomic mass is 19.1. The fourth-order valence-electron chi connectivity index (χ4n) is 3.00. The number of anilines is 1. The molecule has 0 saturated heterocycles. The van der Waals surface area contributed by atoms with Crippen LogP contribution in [0.25, 0.3) is 0 Å². The molecule has 3 aromatic carbocycles. The summed E-state index contributed by atoms with van der Waals surface area (Å²) in [5.41, 5.74) is 3.04. The molecule has 29 heavy (non-hydrogen) atoms. The van der Waals surface area contributed by atoms with Crippen molar-refractivity contribution in [1.29, 1.82) is 0 Å². The second-order valence-electron chi connectivity index (χ2n) is 6.72. The summed E-state index contributed by atoms with van der Waals surface area (Å²) in [4.78, 5) is 12.5. The average molecular weight is 397 g/mol. The van der Waals surface area contributed by atoms with Gasteiger partial charge in [-0.15, -0.1) is 0 Å². The number of amides is 1. The van der Waals surface area contributed by atoms with E-state index in [9.17, 15) is 13.6 Å². The smallest absolute Gasteiger partial charge is 0.255 e. The minimum absolute atomic E-state index is 0.0970. The molecule has 1 amide bonds. The number of benzene rings is 3. The molecule has 1 N–H and O–H groups in total. The lowest BCUT2D eigenvalue weighted by atomic mass is 10.1. The van der Waals surface area contributed by atoms with Gasteiger partial charge in [0.2, 0.25) is 0 Å². The van der Waals surface area contributed by atoms with Crippen LogP contribution in [0.4, 0.5) is 14.5 Å². The first-order chi connectivity index (χ1) is 13.9. The van der Waals surface area contributed by atoms with E-state index in [1.807, 2.05) is 32.0 Å². The van der Waals surface area contributed by atoms with Crippen LogP contribution in [0.15, 0.2) is 54.6 Å². The van der Waals surface area contributed by atoms with E-state index in [-0.39, 0.29) is 12.3 Å². The highest BCUT2D eigenvalue weighted by Gasteiger charge is 2.13. The van der Waals surface area contributed by atoms with Crippen LogP contribution in [-0.4, -0.2) is 13.0 Å². The summed E-state index contributed by atoms with van der Waals surface area (Å²) < 4.78 is 38.1. The average Bonchev–Trinajstić information content (AvgIpc) is 2.67. The molecule has 0 spiro atoms. The summed E-state index contributed by atoms with van der Waals surface area (Å²) in [6.07, 6.45) is 0. The van der Waals surface area contributed by atoms with Crippen LogP contribution < -0.4 is 14.8 Å². The molecule has 0 heterocycles. The maximum atomic E-state index is 13.8. The molecule has 0 unspecified atom stereocenters. The van der Waals surface area contributed by atoms with Crippen molar-refractivity contribution >= 4 is 11.6 Å². The van der Waals surface area contributed by atoms with Crippen molar-refractivity contribution in [3.8, 4) is 11.5 Å². The number of methoxy groups -OCH3 is 1. The predicted molar refractivity (Wildman–Crippen MR) is 108 cm³/mol. The van der Waals surface area contributed by atoms with E-state index in [0.29, 0.717) is 28.7 Å². The Morgan fingerprint density at radius 1 is 0.966 bits per heavy atom. The van der Waals surface area contributed by atoms with Crippen LogP contribution in [0.2, 0.25) is 0 Å². The monoisotopic (exact) mass is 397 g/mol. The van der Waals surface area contributed by atoms with Gasteiger partial charge < -0.3 is 14.8 Å². The van der Waals surface area contributed by atoms with E-state index < -0.39 is 17.5 Å². The molecule has 0 aliphatic heterocycles. The van der Waals surface area contributed by atoms with Crippen molar-refractivity contribution in [2.24, 2.45) is 0 Å². The molecule has 0 saturated carbocycles. The van der Waals surface area contributed by atoms with Crippen LogP contribution in [0.5, 0.6) is 11.5 Å². The Balaban J connectivity index is 1.79. The van der Waals surface area contributed by atoms with Gasteiger partial charge in [-0.05, 0) is 67.4 Å². The van der Waals surface area contributed by atoms with E-state index in [1.165, 1.54) is 13.2 Å². The first-order valence-electron chi connectivity index (χ1n) is 9.00. The highest BCUT2D eigenvalue weighted by Crippen LogP contribution is 2.24. The van der Waals surface area contributed by atoms with Gasteiger partial charge in [0.25, 0.3) is 5.91 Å². The lowest BCUT2D eigenvalue weighted by Gasteiger charge is -2.13. The standard InChI is InChI=1S/C23H21F2NO3/c1-14-8-15(2)10-19(9-14)29-13-17-11-16(4-7-22(17)28-3)23(27)26-21-6-5-18(24)12-20(21)25/h4-12H,13H2,1-3H3,(H,26,27). The van der Waals surface area contributed by atoms with E-state index in [2.05, 4.69) is 5.32 Å². The van der Waals surface area contributed by atoms with E-state index in [0.717, 1.165) is 17.2 Å². The third-order valence-electron chi connectivity index (χ3n) is 4.31. The SMILES string of the molecule is COc1ccc(C(=O)Nc2ccc(F)cc2F)cc1COc1cc(C)cc(C)c1. The third-order valence-corrected chi connectivity index (χ3v) is 4.31. The zero-order valence-corrected chi connectivity index (χ0v) is 16.4. The van der Waals surface area contributed by atoms with Gasteiger partial charge in [0.1, 0.15) is 29.7 Å². The molecule has 150 valence electrons. The van der Waals surface area contributed by atoms with Crippen LogP contribution in [0.1, 0.15) is 27.0 Å². The number of hydrogen-bond acceptors (Lipinski definition) is 3. The van der Waals surface area contributed by atoms with Crippen molar-refractivity contribution in [3.05, 3.63) is 88.5 Å². The van der Waals surface area contributed by atoms with Crippen LogP contribution >= 0.6 is 0 Å². The number of halogens is 2. The van der Waals surface area contributed by atoms with Gasteiger partial charge in [-0.1, -0.05) is 6.07 Å². The second kappa shape index (κ2) is 8.73. The first kappa shape index (κ1) is 20.3. The molecule has 0 aromatic heterocycles. The van der Waals surface area contributed by atoms with Gasteiger partial charge in [0.15, 0.2) is 0 Å². The Hall–Kier alpha value is -3.41. The fraction of sp³-hybridized carbons (Fsp3) is 0.174. The van der Waals surface area contributed by atoms with Crippen molar-refractivity contribution in [3.63, 3.8) is 0 Å². The Bertz CT molecular complexity index is 1030. The van der Waals surface area contributed by atoms with Gasteiger partial charge >= 0.3 is 0 Å². The molecular formula is C23H21F2NO3. The summed E-state index contributed by atoms with van der Waals surface area (Å²) in [6.45, 7) is 4.16. The van der Waals surface area contributed by atoms with Crippen molar-refractivity contribution in [1.82, 2.24) is 0 Å². The predicted octanol–water partition coefficient (Wildman–Crippen LogP) is 5.42. The maximum Gasteiger partial charge on any atom is 0.255 e. The molecular weight excluding hydrogens is 376 g/mol. The van der Waals surface area contributed by atoms with E-state index >= 15 is 0 Å². The summed E-state index contributed by atoms with van der Waals surface area (Å²) in [5, 5.41) is 2.44. The third kappa shape index (κ3) is 5.10. The van der Waals surface area contributed by atoms with E-state index in [4.69, 9.17) is 9.47 Å². The Kier molecular flexibility index (Phi) is 6.12. The van der Waals surface area contributed by atoms with Gasteiger partial charge in [-0.3, -0.25) is 4.79 Å². The summed E-state index contributed by atoms with van der Waals surface area (Å²) in [6, 6.07) is 13.7. The molecule has 4 nitrogen and oxygen atoms in total. The minimum Gasteiger partial charge on any atom is -0.496 e. The molecule has 0 atom stereocenters. The molecule has 0 radical (unpaired) electrons. The fourth-order valence-corrected chi connectivity index (χ4v) is 3.00. The van der Waals surface area contributed by atoms with E-state index in [1.54, 1.807) is 18.2 Å². The molecule has 0 bridgehead atoms. The van der Waals surface area contributed by atoms with Crippen LogP contribution in [-0.2, 0) is 6.61 Å². The highest BCUT2D eigenvalue weighted by molar-refractivity contribution is 6.04. The normalized spacial score (nSPS) is 10.5. The topological polar surface area (TPSA) is 47.6 Å². The summed E-state index contributed by atoms with van der Waals surface area (Å²) in [7, 11) is 1.53. The lowest BCUT2D eigenvalue weighted by Crippen LogP contribution is -2.14. The quantitative estimate of drug-likeness (QED) is 0.604. The molecule has 3 aromatic rings. The summed E-state index contributed by atoms with van der Waals surface area (Å²) >= 11 is 0. The second-order valence-corrected chi connectivity index (χ2v) is 6.72. The maximum absolute atomic E-state index is 13.8. The van der Waals surface area contributed by atoms with Gasteiger partial charge in [-0.2, -0.15) is 0 Å². The number of ether oxygens (including phenoxy) is 2. The Morgan fingerprint density at radius 2 is 1.69 bits per heavy atom. The minimum atomic E-state index is -0.842. The van der Waals surface area contributed by atoms with Gasteiger partial charge in [0.05, 0.1) is 12.8 Å². The van der Waals surface area contributed by atoms with Gasteiger partial charge in [0, 0.05) is 17.2 Å². The molecule has 0 aliphatic rings. The number of rotatable bonds is 6. The molecule has 3 rings (SSSR count). The zero-order valence-electron chi connectivity index (χ0n) is 16.4. The zero-order chi connectivity index (χ0) is 21.0. The van der Waals surface area contributed by atoms with Crippen molar-refractivity contribution in [2.75, 3.05) is 12.4 Å². The molecule has 0 fully saturated rings. The van der Waals surface area contributed by atoms with Gasteiger partial charge in [-0.25, -0.2) is 8.78 Å². The Labute approximate surface area is 168 Å². The Morgan fingerprint density at radius 3 is 2.34 bits per heavy atom. The number of hydrogen-bond donors (Lipinski definition) is 1. The number of carbonyl (C=O) groups is 1. The number of nitrogens with one attached hydrogen (secondary N) is 1. The summed E-state index contributed by atoms with van der Waals surface area (Å²) in [5.74, 6) is -0.793. The number of carbonyl (C=O) groups excluding carboxylic acids is 1. The lowest BCUT2D eigenvalue weighted by molar-refractivity contribution is 0.102. The van der Waals surface area contributed by atoms with Crippen molar-refractivity contribution < 1.29 is 23.0 Å². The molecule has 6 heteroatoms. The van der Waals surface area contributed by atoms with Crippen LogP contribution in [0.3, 0.4) is 0 Å².